The van der Waals surface area contributed by atoms with Gasteiger partial charge in [0.1, 0.15) is 0 Å². The van der Waals surface area contributed by atoms with Crippen LogP contribution in [-0.2, 0) is 6.54 Å². The Balaban J connectivity index is 2.27. The van der Waals surface area contributed by atoms with Crippen molar-refractivity contribution in [1.82, 2.24) is 14.9 Å². The molecule has 0 aliphatic rings. The van der Waals surface area contributed by atoms with E-state index >= 15 is 0 Å². The molecule has 2 aromatic rings. The van der Waals surface area contributed by atoms with Crippen LogP contribution in [0.25, 0.3) is 0 Å². The topological polar surface area (TPSA) is 78.4 Å². The average Bonchev–Trinajstić information content (AvgIpc) is 2.64. The maximum absolute atomic E-state index is 13.0. The lowest BCUT2D eigenvalue weighted by Crippen LogP contribution is -2.42. The minimum absolute atomic E-state index is 0.0789. The van der Waals surface area contributed by atoms with Crippen LogP contribution in [0.2, 0.25) is 0 Å². The summed E-state index contributed by atoms with van der Waals surface area (Å²) in [6.45, 7) is 7.02. The number of aliphatic hydroxyl groups is 1. The molecule has 134 valence electrons. The highest BCUT2D eigenvalue weighted by Crippen LogP contribution is 2.17. The summed E-state index contributed by atoms with van der Waals surface area (Å²) in [5, 5.41) is 12.7. The molecule has 0 aliphatic heterocycles. The molecule has 6 heteroatoms. The Hall–Kier alpha value is -2.47. The van der Waals surface area contributed by atoms with Crippen LogP contribution in [0.15, 0.2) is 36.7 Å². The molecule has 1 atom stereocenters. The number of nitrogens with one attached hydrogen (secondary N) is 1. The molecule has 0 aliphatic carbocycles. The predicted molar refractivity (Wildman–Crippen MR) is 98.4 cm³/mol. The average molecular weight is 342 g/mol. The summed E-state index contributed by atoms with van der Waals surface area (Å²) in [6, 6.07) is 7.71. The molecule has 0 fully saturated rings. The van der Waals surface area contributed by atoms with Crippen molar-refractivity contribution in [2.75, 3.05) is 18.5 Å². The number of rotatable bonds is 8. The van der Waals surface area contributed by atoms with E-state index in [1.54, 1.807) is 4.90 Å². The molecule has 0 spiro atoms. The van der Waals surface area contributed by atoms with Gasteiger partial charge >= 0.3 is 0 Å². The number of carbonyl (C=O) groups excluding carboxylic acids is 1. The van der Waals surface area contributed by atoms with Gasteiger partial charge in [0.05, 0.1) is 18.2 Å². The van der Waals surface area contributed by atoms with Crippen molar-refractivity contribution in [2.45, 2.75) is 39.8 Å². The van der Waals surface area contributed by atoms with Crippen LogP contribution in [-0.4, -0.2) is 45.1 Å². The van der Waals surface area contributed by atoms with Crippen LogP contribution >= 0.6 is 0 Å². The van der Waals surface area contributed by atoms with Crippen LogP contribution in [0.5, 0.6) is 0 Å². The fourth-order valence-electron chi connectivity index (χ4n) is 2.64. The van der Waals surface area contributed by atoms with Gasteiger partial charge in [0, 0.05) is 25.5 Å². The highest BCUT2D eigenvalue weighted by Gasteiger charge is 2.24. The van der Waals surface area contributed by atoms with E-state index in [1.165, 1.54) is 12.4 Å². The molecule has 1 unspecified atom stereocenters. The van der Waals surface area contributed by atoms with E-state index in [0.29, 0.717) is 24.5 Å². The summed E-state index contributed by atoms with van der Waals surface area (Å²) in [7, 11) is 0. The molecule has 0 bridgehead atoms. The Morgan fingerprint density at radius 3 is 2.48 bits per heavy atom. The number of amides is 1. The van der Waals surface area contributed by atoms with E-state index in [1.807, 2.05) is 45.0 Å². The first kappa shape index (κ1) is 18.9. The smallest absolute Gasteiger partial charge is 0.257 e. The van der Waals surface area contributed by atoms with Gasteiger partial charge in [0.2, 0.25) is 5.95 Å². The predicted octanol–water partition coefficient (Wildman–Crippen LogP) is 2.63. The molecular formula is C19H26N4O2. The maximum atomic E-state index is 13.0. The van der Waals surface area contributed by atoms with Gasteiger partial charge in [-0.2, -0.15) is 0 Å². The van der Waals surface area contributed by atoms with Crippen molar-refractivity contribution in [1.29, 1.82) is 0 Å². The Morgan fingerprint density at radius 2 is 1.92 bits per heavy atom. The second-order valence-electron chi connectivity index (χ2n) is 5.93. The van der Waals surface area contributed by atoms with Crippen molar-refractivity contribution < 1.29 is 9.90 Å². The molecule has 2 rings (SSSR count). The van der Waals surface area contributed by atoms with Crippen LogP contribution in [0, 0.1) is 6.92 Å². The Kier molecular flexibility index (Phi) is 6.89. The molecule has 1 aromatic heterocycles. The zero-order valence-electron chi connectivity index (χ0n) is 15.1. The standard InChI is InChI=1S/C19H26N4O2/c1-4-17(13-24)23(12-15-9-7-6-8-14(15)3)18(25)16-10-21-19(20-5-2)22-11-16/h6-11,17,24H,4-5,12-13H2,1-3H3,(H,20,21,22). The molecule has 0 saturated carbocycles. The summed E-state index contributed by atoms with van der Waals surface area (Å²) in [4.78, 5) is 23.1. The number of nitrogens with zero attached hydrogens (tertiary/aromatic N) is 3. The van der Waals surface area contributed by atoms with Gasteiger partial charge in [-0.25, -0.2) is 9.97 Å². The first-order chi connectivity index (χ1) is 12.1. The van der Waals surface area contributed by atoms with E-state index < -0.39 is 0 Å². The summed E-state index contributed by atoms with van der Waals surface area (Å²) in [5.74, 6) is 0.325. The van der Waals surface area contributed by atoms with E-state index in [9.17, 15) is 9.90 Å². The van der Waals surface area contributed by atoms with Gasteiger partial charge in [-0.05, 0) is 31.4 Å². The second-order valence-corrected chi connectivity index (χ2v) is 5.93. The third-order valence-electron chi connectivity index (χ3n) is 4.22. The minimum atomic E-state index is -0.249. The van der Waals surface area contributed by atoms with Crippen LogP contribution in [0.4, 0.5) is 5.95 Å². The summed E-state index contributed by atoms with van der Waals surface area (Å²) in [5.41, 5.74) is 2.60. The van der Waals surface area contributed by atoms with E-state index in [-0.39, 0.29) is 18.6 Å². The third-order valence-corrected chi connectivity index (χ3v) is 4.22. The fraction of sp³-hybridized carbons (Fsp3) is 0.421. The van der Waals surface area contributed by atoms with Gasteiger partial charge in [-0.1, -0.05) is 31.2 Å². The fourth-order valence-corrected chi connectivity index (χ4v) is 2.64. The molecule has 0 saturated heterocycles. The number of carbonyl (C=O) groups is 1. The number of hydrogen-bond donors (Lipinski definition) is 2. The molecule has 2 N–H and O–H groups in total. The van der Waals surface area contributed by atoms with Gasteiger partial charge < -0.3 is 15.3 Å². The second kappa shape index (κ2) is 9.13. The number of aromatic nitrogens is 2. The zero-order valence-corrected chi connectivity index (χ0v) is 15.1. The van der Waals surface area contributed by atoms with Crippen LogP contribution in [0.1, 0.15) is 41.8 Å². The van der Waals surface area contributed by atoms with E-state index in [2.05, 4.69) is 15.3 Å². The largest absolute Gasteiger partial charge is 0.394 e. The zero-order chi connectivity index (χ0) is 18.2. The van der Waals surface area contributed by atoms with Crippen molar-refractivity contribution in [3.63, 3.8) is 0 Å². The highest BCUT2D eigenvalue weighted by atomic mass is 16.3. The lowest BCUT2D eigenvalue weighted by atomic mass is 10.1. The number of aliphatic hydroxyl groups excluding tert-OH is 1. The third kappa shape index (κ3) is 4.76. The Labute approximate surface area is 148 Å². The molecular weight excluding hydrogens is 316 g/mol. The summed E-state index contributed by atoms with van der Waals surface area (Å²) in [6.07, 6.45) is 3.73. The van der Waals surface area contributed by atoms with Gasteiger partial charge in [-0.3, -0.25) is 4.79 Å². The molecule has 0 radical (unpaired) electrons. The van der Waals surface area contributed by atoms with Gasteiger partial charge in [0.15, 0.2) is 0 Å². The molecule has 1 heterocycles. The minimum Gasteiger partial charge on any atom is -0.394 e. The molecule has 1 aromatic carbocycles. The normalized spacial score (nSPS) is 11.8. The number of anilines is 1. The summed E-state index contributed by atoms with van der Waals surface area (Å²) < 4.78 is 0. The number of aryl methyl sites for hydroxylation is 1. The van der Waals surface area contributed by atoms with Crippen molar-refractivity contribution >= 4 is 11.9 Å². The molecule has 1 amide bonds. The summed E-state index contributed by atoms with van der Waals surface area (Å²) >= 11 is 0. The van der Waals surface area contributed by atoms with Crippen LogP contribution < -0.4 is 5.32 Å². The van der Waals surface area contributed by atoms with Crippen molar-refractivity contribution in [2.24, 2.45) is 0 Å². The molecule has 6 nitrogen and oxygen atoms in total. The quantitative estimate of drug-likeness (QED) is 0.771. The molecule has 25 heavy (non-hydrogen) atoms. The first-order valence-corrected chi connectivity index (χ1v) is 8.62. The number of benzene rings is 1. The first-order valence-electron chi connectivity index (χ1n) is 8.62. The lowest BCUT2D eigenvalue weighted by molar-refractivity contribution is 0.0562. The Morgan fingerprint density at radius 1 is 1.24 bits per heavy atom. The highest BCUT2D eigenvalue weighted by molar-refractivity contribution is 5.94. The van der Waals surface area contributed by atoms with Crippen molar-refractivity contribution in [3.05, 3.63) is 53.3 Å². The van der Waals surface area contributed by atoms with Crippen LogP contribution in [0.3, 0.4) is 0 Å². The number of hydrogen-bond acceptors (Lipinski definition) is 5. The van der Waals surface area contributed by atoms with Gasteiger partial charge in [-0.15, -0.1) is 0 Å². The SMILES string of the molecule is CCNc1ncc(C(=O)N(Cc2ccccc2C)C(CC)CO)cn1. The van der Waals surface area contributed by atoms with E-state index in [0.717, 1.165) is 17.7 Å². The lowest BCUT2D eigenvalue weighted by Gasteiger charge is -2.30. The maximum Gasteiger partial charge on any atom is 0.257 e. The van der Waals surface area contributed by atoms with Crippen molar-refractivity contribution in [3.8, 4) is 0 Å². The van der Waals surface area contributed by atoms with E-state index in [4.69, 9.17) is 0 Å². The van der Waals surface area contributed by atoms with Gasteiger partial charge in [0.25, 0.3) is 5.91 Å². The monoisotopic (exact) mass is 342 g/mol. The Bertz CT molecular complexity index is 684.